The van der Waals surface area contributed by atoms with E-state index in [9.17, 15) is 13.2 Å². The lowest BCUT2D eigenvalue weighted by Gasteiger charge is -2.28. The number of anilines is 1. The van der Waals surface area contributed by atoms with Crippen LogP contribution in [0.25, 0.3) is 0 Å². The maximum absolute atomic E-state index is 13.3. The second-order valence-electron chi connectivity index (χ2n) is 7.64. The van der Waals surface area contributed by atoms with Crippen molar-refractivity contribution >= 4 is 21.7 Å². The van der Waals surface area contributed by atoms with Crippen molar-refractivity contribution in [3.05, 3.63) is 77.0 Å². The van der Waals surface area contributed by atoms with Gasteiger partial charge in [0.25, 0.3) is 5.91 Å². The number of hydrogen-bond acceptors (Lipinski definition) is 5. The summed E-state index contributed by atoms with van der Waals surface area (Å²) in [6, 6.07) is 17.6. The molecular formula is C23H23N5O3S. The summed E-state index contributed by atoms with van der Waals surface area (Å²) in [5.74, 6) is 0.0211. The van der Waals surface area contributed by atoms with Gasteiger partial charge in [0.15, 0.2) is 0 Å². The third kappa shape index (κ3) is 4.42. The molecule has 1 aromatic heterocycles. The van der Waals surface area contributed by atoms with Crippen LogP contribution >= 0.6 is 0 Å². The van der Waals surface area contributed by atoms with Crippen molar-refractivity contribution in [2.24, 2.45) is 0 Å². The molecule has 0 atom stereocenters. The number of nitriles is 1. The summed E-state index contributed by atoms with van der Waals surface area (Å²) < 4.78 is 29.5. The third-order valence-electron chi connectivity index (χ3n) is 5.41. The van der Waals surface area contributed by atoms with E-state index in [0.717, 1.165) is 11.1 Å². The molecule has 1 aliphatic rings. The van der Waals surface area contributed by atoms with Gasteiger partial charge in [-0.2, -0.15) is 14.7 Å². The molecule has 2 heterocycles. The summed E-state index contributed by atoms with van der Waals surface area (Å²) in [6.07, 6.45) is 0.915. The lowest BCUT2D eigenvalue weighted by molar-refractivity contribution is 0.102. The van der Waals surface area contributed by atoms with Gasteiger partial charge in [0.05, 0.1) is 29.6 Å². The molecule has 8 nitrogen and oxygen atoms in total. The van der Waals surface area contributed by atoms with E-state index in [0.29, 0.717) is 37.6 Å². The maximum atomic E-state index is 13.3. The van der Waals surface area contributed by atoms with Crippen LogP contribution in [-0.4, -0.2) is 35.0 Å². The van der Waals surface area contributed by atoms with Crippen LogP contribution in [-0.2, 0) is 29.5 Å². The van der Waals surface area contributed by atoms with Gasteiger partial charge in [0, 0.05) is 24.7 Å². The Balaban J connectivity index is 1.55. The van der Waals surface area contributed by atoms with Crippen LogP contribution in [0.2, 0.25) is 0 Å². The first-order valence-corrected chi connectivity index (χ1v) is 11.7. The fourth-order valence-electron chi connectivity index (χ4n) is 3.78. The molecule has 1 N–H and O–H groups in total. The van der Waals surface area contributed by atoms with Gasteiger partial charge in [-0.05, 0) is 42.7 Å². The van der Waals surface area contributed by atoms with Crippen molar-refractivity contribution in [3.8, 4) is 6.07 Å². The Morgan fingerprint density at radius 1 is 1.16 bits per heavy atom. The minimum absolute atomic E-state index is 0.0821. The van der Waals surface area contributed by atoms with Crippen LogP contribution in [0.1, 0.15) is 33.6 Å². The van der Waals surface area contributed by atoms with E-state index in [2.05, 4.69) is 16.5 Å². The highest BCUT2D eigenvalue weighted by Crippen LogP contribution is 2.25. The molecule has 3 aromatic rings. The molecule has 1 amide bonds. The average molecular weight is 450 g/mol. The standard InChI is InChI=1S/C23H23N5O3S/c1-17-14-22(28(26-17)12-5-11-24)25-23(29)19-8-4-9-21(15-19)32(30,31)27-13-10-18-6-2-3-7-20(18)16-27/h2-4,6-9,14-15H,5,10,12-13,16H2,1H3,(H,25,29). The number of hydrogen-bond donors (Lipinski definition) is 1. The van der Waals surface area contributed by atoms with Crippen LogP contribution in [0.15, 0.2) is 59.5 Å². The molecule has 1 aliphatic heterocycles. The Hall–Kier alpha value is -3.48. The van der Waals surface area contributed by atoms with Crippen molar-refractivity contribution in [1.82, 2.24) is 14.1 Å². The van der Waals surface area contributed by atoms with Crippen molar-refractivity contribution in [2.45, 2.75) is 37.8 Å². The molecule has 32 heavy (non-hydrogen) atoms. The van der Waals surface area contributed by atoms with Gasteiger partial charge < -0.3 is 5.32 Å². The highest BCUT2D eigenvalue weighted by Gasteiger charge is 2.28. The number of aromatic nitrogens is 2. The van der Waals surface area contributed by atoms with Crippen LogP contribution in [0, 0.1) is 18.3 Å². The zero-order chi connectivity index (χ0) is 22.7. The van der Waals surface area contributed by atoms with Crippen molar-refractivity contribution in [1.29, 1.82) is 5.26 Å². The van der Waals surface area contributed by atoms with Crippen molar-refractivity contribution in [2.75, 3.05) is 11.9 Å². The maximum Gasteiger partial charge on any atom is 0.256 e. The number of nitrogens with zero attached hydrogens (tertiary/aromatic N) is 4. The smallest absolute Gasteiger partial charge is 0.256 e. The Labute approximate surface area is 187 Å². The molecule has 164 valence electrons. The molecule has 0 bridgehead atoms. The number of carbonyl (C=O) groups excluding carboxylic acids is 1. The quantitative estimate of drug-likeness (QED) is 0.622. The Morgan fingerprint density at radius 3 is 2.72 bits per heavy atom. The fourth-order valence-corrected chi connectivity index (χ4v) is 5.25. The second-order valence-corrected chi connectivity index (χ2v) is 9.58. The van der Waals surface area contributed by atoms with E-state index >= 15 is 0 Å². The van der Waals surface area contributed by atoms with E-state index in [-0.39, 0.29) is 16.9 Å². The monoisotopic (exact) mass is 449 g/mol. The summed E-state index contributed by atoms with van der Waals surface area (Å²) in [6.45, 7) is 2.85. The number of benzene rings is 2. The minimum Gasteiger partial charge on any atom is -0.307 e. The number of fused-ring (bicyclic) bond motifs is 1. The number of amides is 1. The van der Waals surface area contributed by atoms with Crippen LogP contribution in [0.5, 0.6) is 0 Å². The third-order valence-corrected chi connectivity index (χ3v) is 7.25. The molecule has 0 unspecified atom stereocenters. The molecular weight excluding hydrogens is 426 g/mol. The molecule has 0 aliphatic carbocycles. The SMILES string of the molecule is Cc1cc(NC(=O)c2cccc(S(=O)(=O)N3CCc4ccccc4C3)c2)n(CCC#N)n1. The molecule has 0 saturated heterocycles. The first-order valence-electron chi connectivity index (χ1n) is 10.3. The largest absolute Gasteiger partial charge is 0.307 e. The summed E-state index contributed by atoms with van der Waals surface area (Å²) in [4.78, 5) is 12.9. The highest BCUT2D eigenvalue weighted by molar-refractivity contribution is 7.89. The predicted octanol–water partition coefficient (Wildman–Crippen LogP) is 3.10. The number of aryl methyl sites for hydroxylation is 2. The highest BCUT2D eigenvalue weighted by atomic mass is 32.2. The van der Waals surface area contributed by atoms with E-state index in [4.69, 9.17) is 5.26 Å². The number of carbonyl (C=O) groups is 1. The second kappa shape index (κ2) is 8.94. The first-order chi connectivity index (χ1) is 15.4. The summed E-state index contributed by atoms with van der Waals surface area (Å²) in [5, 5.41) is 15.9. The molecule has 9 heteroatoms. The van der Waals surface area contributed by atoms with Crippen molar-refractivity contribution in [3.63, 3.8) is 0 Å². The Morgan fingerprint density at radius 2 is 1.94 bits per heavy atom. The van der Waals surface area contributed by atoms with Gasteiger partial charge in [0.2, 0.25) is 10.0 Å². The zero-order valence-electron chi connectivity index (χ0n) is 17.7. The fraction of sp³-hybridized carbons (Fsp3) is 0.261. The Kier molecular flexibility index (Phi) is 6.08. The van der Waals surface area contributed by atoms with Crippen LogP contribution in [0.3, 0.4) is 0 Å². The molecule has 2 aromatic carbocycles. The van der Waals surface area contributed by atoms with Gasteiger partial charge >= 0.3 is 0 Å². The van der Waals surface area contributed by atoms with E-state index in [1.807, 2.05) is 24.3 Å². The number of rotatable bonds is 6. The van der Waals surface area contributed by atoms with Crippen LogP contribution in [0.4, 0.5) is 5.82 Å². The zero-order valence-corrected chi connectivity index (χ0v) is 18.5. The lowest BCUT2D eigenvalue weighted by Crippen LogP contribution is -2.36. The topological polar surface area (TPSA) is 108 Å². The lowest BCUT2D eigenvalue weighted by atomic mass is 10.0. The molecule has 0 radical (unpaired) electrons. The average Bonchev–Trinajstić information content (AvgIpc) is 3.16. The van der Waals surface area contributed by atoms with Gasteiger partial charge in [-0.25, -0.2) is 13.1 Å². The van der Waals surface area contributed by atoms with Gasteiger partial charge in [-0.15, -0.1) is 0 Å². The van der Waals surface area contributed by atoms with Crippen molar-refractivity contribution < 1.29 is 13.2 Å². The van der Waals surface area contributed by atoms with Gasteiger partial charge in [-0.1, -0.05) is 30.3 Å². The Bertz CT molecular complexity index is 1310. The van der Waals surface area contributed by atoms with E-state index in [1.54, 1.807) is 29.8 Å². The summed E-state index contributed by atoms with van der Waals surface area (Å²) in [7, 11) is -3.75. The number of nitrogens with one attached hydrogen (secondary N) is 1. The van der Waals surface area contributed by atoms with E-state index in [1.165, 1.54) is 16.4 Å². The minimum atomic E-state index is -3.75. The number of sulfonamides is 1. The van der Waals surface area contributed by atoms with Gasteiger partial charge in [0.1, 0.15) is 5.82 Å². The molecule has 4 rings (SSSR count). The molecule has 0 spiro atoms. The summed E-state index contributed by atoms with van der Waals surface area (Å²) >= 11 is 0. The summed E-state index contributed by atoms with van der Waals surface area (Å²) in [5.41, 5.74) is 3.10. The first kappa shape index (κ1) is 21.7. The molecule has 0 fully saturated rings. The predicted molar refractivity (Wildman–Crippen MR) is 119 cm³/mol. The van der Waals surface area contributed by atoms with Crippen LogP contribution < -0.4 is 5.32 Å². The molecule has 0 saturated carbocycles. The normalized spacial score (nSPS) is 13.9. The van der Waals surface area contributed by atoms with E-state index < -0.39 is 15.9 Å². The van der Waals surface area contributed by atoms with Gasteiger partial charge in [-0.3, -0.25) is 4.79 Å².